The highest BCUT2D eigenvalue weighted by Crippen LogP contribution is 2.33. The molecule has 0 atom stereocenters. The van der Waals surface area contributed by atoms with E-state index < -0.39 is 11.7 Å². The Morgan fingerprint density at radius 3 is 2.64 bits per heavy atom. The van der Waals surface area contributed by atoms with Crippen LogP contribution >= 0.6 is 0 Å². The highest BCUT2D eigenvalue weighted by Gasteiger charge is 2.32. The van der Waals surface area contributed by atoms with E-state index in [1.165, 1.54) is 12.3 Å². The van der Waals surface area contributed by atoms with Gasteiger partial charge in [0.1, 0.15) is 12.3 Å². The number of benzene rings is 2. The van der Waals surface area contributed by atoms with Crippen LogP contribution in [0.1, 0.15) is 32.9 Å². The number of amides is 1. The van der Waals surface area contributed by atoms with Crippen LogP contribution in [0, 0.1) is 13.8 Å². The van der Waals surface area contributed by atoms with Crippen molar-refractivity contribution < 1.29 is 22.7 Å². The van der Waals surface area contributed by atoms with E-state index in [1.54, 1.807) is 15.8 Å². The Labute approximate surface area is 222 Å². The summed E-state index contributed by atoms with van der Waals surface area (Å²) in [4.78, 5) is 26.3. The molecule has 2 aliphatic rings. The fraction of sp³-hybridized carbons (Fsp3) is 0.286. The summed E-state index contributed by atoms with van der Waals surface area (Å²) in [6, 6.07) is 9.00. The van der Waals surface area contributed by atoms with Gasteiger partial charge in [0.15, 0.2) is 5.82 Å². The molecule has 2 aliphatic heterocycles. The molecule has 8 nitrogen and oxygen atoms in total. The van der Waals surface area contributed by atoms with Crippen LogP contribution in [0.4, 0.5) is 18.9 Å². The monoisotopic (exact) mass is 534 g/mol. The first-order valence-corrected chi connectivity index (χ1v) is 12.5. The lowest BCUT2D eigenvalue weighted by atomic mass is 10.1. The van der Waals surface area contributed by atoms with Gasteiger partial charge in [-0.3, -0.25) is 9.48 Å². The zero-order valence-electron chi connectivity index (χ0n) is 21.4. The van der Waals surface area contributed by atoms with Crippen molar-refractivity contribution in [2.45, 2.75) is 33.1 Å². The van der Waals surface area contributed by atoms with Crippen LogP contribution < -0.4 is 4.90 Å². The van der Waals surface area contributed by atoms with Gasteiger partial charge in [0.2, 0.25) is 0 Å². The quantitative estimate of drug-likeness (QED) is 0.363. The van der Waals surface area contributed by atoms with E-state index in [9.17, 15) is 18.0 Å². The summed E-state index contributed by atoms with van der Waals surface area (Å²) in [5.74, 6) is 0.297. The van der Waals surface area contributed by atoms with Gasteiger partial charge < -0.3 is 14.5 Å². The van der Waals surface area contributed by atoms with Gasteiger partial charge in [0.05, 0.1) is 42.7 Å². The minimum Gasteiger partial charge on any atom is -0.498 e. The summed E-state index contributed by atoms with van der Waals surface area (Å²) < 4.78 is 46.2. The minimum atomic E-state index is -4.43. The number of aromatic nitrogens is 4. The Balaban J connectivity index is 1.26. The summed E-state index contributed by atoms with van der Waals surface area (Å²) in [7, 11) is 0. The number of hydrogen-bond donors (Lipinski definition) is 0. The highest BCUT2D eigenvalue weighted by molar-refractivity contribution is 6.07. The predicted molar refractivity (Wildman–Crippen MR) is 139 cm³/mol. The van der Waals surface area contributed by atoms with Gasteiger partial charge in [0, 0.05) is 41.1 Å². The summed E-state index contributed by atoms with van der Waals surface area (Å²) in [5, 5.41) is 5.03. The van der Waals surface area contributed by atoms with Crippen LogP contribution in [-0.4, -0.2) is 50.3 Å². The molecule has 0 radical (unpaired) electrons. The molecule has 39 heavy (non-hydrogen) atoms. The zero-order chi connectivity index (χ0) is 27.3. The summed E-state index contributed by atoms with van der Waals surface area (Å²) >= 11 is 0. The Kier molecular flexibility index (Phi) is 6.00. The molecule has 2 aromatic carbocycles. The number of aryl methyl sites for hydroxylation is 1. The van der Waals surface area contributed by atoms with Crippen molar-refractivity contribution >= 4 is 22.5 Å². The number of hydrogen-bond acceptors (Lipinski definition) is 6. The number of rotatable bonds is 4. The van der Waals surface area contributed by atoms with Crippen molar-refractivity contribution in [1.82, 2.24) is 24.6 Å². The van der Waals surface area contributed by atoms with Gasteiger partial charge in [0.25, 0.3) is 5.91 Å². The molecule has 0 saturated carbocycles. The molecule has 0 saturated heterocycles. The Morgan fingerprint density at radius 2 is 1.90 bits per heavy atom. The maximum atomic E-state index is 13.6. The van der Waals surface area contributed by atoms with Crippen LogP contribution in [-0.2, 0) is 24.0 Å². The van der Waals surface area contributed by atoms with Crippen molar-refractivity contribution in [2.75, 3.05) is 24.6 Å². The third kappa shape index (κ3) is 4.58. The average molecular weight is 535 g/mol. The first-order chi connectivity index (χ1) is 18.7. The molecule has 0 bridgehead atoms. The number of fused-ring (bicyclic) bond motifs is 2. The van der Waals surface area contributed by atoms with E-state index in [0.717, 1.165) is 41.2 Å². The fourth-order valence-electron chi connectivity index (χ4n) is 5.05. The Bertz CT molecular complexity index is 1630. The third-order valence-corrected chi connectivity index (χ3v) is 7.14. The number of anilines is 1. The Morgan fingerprint density at radius 1 is 1.05 bits per heavy atom. The second-order valence-corrected chi connectivity index (χ2v) is 9.69. The molecule has 4 aromatic rings. The molecule has 1 amide bonds. The summed E-state index contributed by atoms with van der Waals surface area (Å²) in [5.41, 5.74) is 4.38. The minimum absolute atomic E-state index is 0.103. The number of alkyl halides is 3. The number of carbonyl (C=O) groups is 1. The van der Waals surface area contributed by atoms with Gasteiger partial charge in [-0.25, -0.2) is 9.97 Å². The smallest absolute Gasteiger partial charge is 0.416 e. The van der Waals surface area contributed by atoms with Gasteiger partial charge in [-0.15, -0.1) is 0 Å². The Hall–Kier alpha value is -4.41. The molecule has 0 unspecified atom stereocenters. The summed E-state index contributed by atoms with van der Waals surface area (Å²) in [6.45, 7) is 6.90. The van der Waals surface area contributed by atoms with Gasteiger partial charge in [-0.2, -0.15) is 18.3 Å². The van der Waals surface area contributed by atoms with Gasteiger partial charge >= 0.3 is 6.18 Å². The third-order valence-electron chi connectivity index (χ3n) is 7.14. The normalized spacial score (nSPS) is 15.6. The first kappa shape index (κ1) is 24.9. The average Bonchev–Trinajstić information content (AvgIpc) is 3.24. The lowest BCUT2D eigenvalue weighted by molar-refractivity contribution is -0.137. The molecule has 0 aliphatic carbocycles. The summed E-state index contributed by atoms with van der Waals surface area (Å²) in [6.07, 6.45) is 0.530. The van der Waals surface area contributed by atoms with E-state index in [2.05, 4.69) is 14.9 Å². The van der Waals surface area contributed by atoms with Crippen LogP contribution in [0.3, 0.4) is 0 Å². The molecular weight excluding hydrogens is 509 g/mol. The molecule has 0 fully saturated rings. The molecule has 2 aromatic heterocycles. The van der Waals surface area contributed by atoms with Crippen LogP contribution in [0.2, 0.25) is 0 Å². The number of ether oxygens (including phenoxy) is 1. The van der Waals surface area contributed by atoms with Crippen LogP contribution in [0.15, 0.2) is 55.1 Å². The predicted octanol–water partition coefficient (Wildman–Crippen LogP) is 5.09. The van der Waals surface area contributed by atoms with E-state index in [1.807, 2.05) is 38.2 Å². The van der Waals surface area contributed by atoms with Crippen molar-refractivity contribution in [3.63, 3.8) is 0 Å². The maximum absolute atomic E-state index is 13.6. The molecule has 0 spiro atoms. The van der Waals surface area contributed by atoms with E-state index >= 15 is 0 Å². The van der Waals surface area contributed by atoms with Crippen molar-refractivity contribution in [3.05, 3.63) is 83.1 Å². The molecule has 4 heterocycles. The van der Waals surface area contributed by atoms with Gasteiger partial charge in [-0.05, 0) is 55.8 Å². The fourth-order valence-corrected chi connectivity index (χ4v) is 5.05. The van der Waals surface area contributed by atoms with Gasteiger partial charge in [-0.1, -0.05) is 0 Å². The lowest BCUT2D eigenvalue weighted by Gasteiger charge is -2.29. The van der Waals surface area contributed by atoms with E-state index in [0.29, 0.717) is 54.2 Å². The lowest BCUT2D eigenvalue weighted by Crippen LogP contribution is -2.41. The van der Waals surface area contributed by atoms with E-state index in [-0.39, 0.29) is 5.91 Å². The van der Waals surface area contributed by atoms with Crippen molar-refractivity contribution in [1.29, 1.82) is 0 Å². The zero-order valence-corrected chi connectivity index (χ0v) is 21.4. The molecule has 6 rings (SSSR count). The molecule has 11 heteroatoms. The molecular formula is C28H25F3N6O2. The van der Waals surface area contributed by atoms with Crippen molar-refractivity contribution in [2.24, 2.45) is 0 Å². The van der Waals surface area contributed by atoms with E-state index in [4.69, 9.17) is 9.84 Å². The number of carbonyl (C=O) groups excluding carboxylic acids is 1. The SMILES string of the molecule is Cc1cc(-c2ncc3cc(C(F)(F)F)ccc3n2)ccc1N1CCn2nc(CN3C=COCC3)c(C)c2C1=O. The largest absolute Gasteiger partial charge is 0.498 e. The molecule has 0 N–H and O–H groups in total. The van der Waals surface area contributed by atoms with Crippen LogP contribution in [0.5, 0.6) is 0 Å². The number of nitrogens with zero attached hydrogens (tertiary/aromatic N) is 6. The topological polar surface area (TPSA) is 76.4 Å². The van der Waals surface area contributed by atoms with Crippen molar-refractivity contribution in [3.8, 4) is 11.4 Å². The molecule has 200 valence electrons. The number of halogens is 3. The van der Waals surface area contributed by atoms with Crippen LogP contribution in [0.25, 0.3) is 22.3 Å². The standard InChI is InChI=1S/C28H25F3N6O2/c1-17-13-19(26-32-15-20-14-21(28(29,30)31)4-5-22(20)33-26)3-6-24(17)36-7-8-37-25(27(36)38)18(2)23(34-37)16-35-9-11-39-12-10-35/h3-6,9,11,13-15H,7-8,10,12,16H2,1-2H3. The first-order valence-electron chi connectivity index (χ1n) is 12.5. The highest BCUT2D eigenvalue weighted by atomic mass is 19.4. The maximum Gasteiger partial charge on any atom is 0.416 e. The second kappa shape index (κ2) is 9.40. The second-order valence-electron chi connectivity index (χ2n) is 9.69.